The first kappa shape index (κ1) is 19.1. The Kier molecular flexibility index (Phi) is 5.93. The maximum absolute atomic E-state index is 5.85. The summed E-state index contributed by atoms with van der Waals surface area (Å²) in [5, 5.41) is 3.37. The van der Waals surface area contributed by atoms with Crippen molar-refractivity contribution in [3.8, 4) is 0 Å². The molecule has 0 bridgehead atoms. The third-order valence-corrected chi connectivity index (χ3v) is 4.41. The van der Waals surface area contributed by atoms with E-state index in [9.17, 15) is 0 Å². The van der Waals surface area contributed by atoms with Crippen molar-refractivity contribution in [3.63, 3.8) is 0 Å². The van der Waals surface area contributed by atoms with Gasteiger partial charge >= 0.3 is 0 Å². The predicted octanol–water partition coefficient (Wildman–Crippen LogP) is 2.05. The molecule has 2 aromatic rings. The zero-order valence-corrected chi connectivity index (χ0v) is 16.6. The van der Waals surface area contributed by atoms with E-state index in [1.54, 1.807) is 18.6 Å². The molecule has 146 valence electrons. The van der Waals surface area contributed by atoms with Crippen molar-refractivity contribution in [3.05, 3.63) is 36.3 Å². The summed E-state index contributed by atoms with van der Waals surface area (Å²) in [7, 11) is 0. The standard InChI is InChI=1S/C19H29N7O/c1-5-20-17(24-14-16-23-13-15(27-16)19(2,3)4)25-9-11-26(12-10-25)18-21-7-6-8-22-18/h6-8,13H,5,9-12,14H2,1-4H3,(H,20,24). The zero-order valence-electron chi connectivity index (χ0n) is 16.6. The summed E-state index contributed by atoms with van der Waals surface area (Å²) in [4.78, 5) is 22.2. The van der Waals surface area contributed by atoms with Crippen LogP contribution in [0.15, 0.2) is 34.1 Å². The number of aromatic nitrogens is 3. The number of piperazine rings is 1. The smallest absolute Gasteiger partial charge is 0.225 e. The zero-order chi connectivity index (χ0) is 19.3. The molecule has 1 aliphatic heterocycles. The summed E-state index contributed by atoms with van der Waals surface area (Å²) < 4.78 is 5.85. The fraction of sp³-hybridized carbons (Fsp3) is 0.579. The minimum absolute atomic E-state index is 0.0463. The summed E-state index contributed by atoms with van der Waals surface area (Å²) in [5.74, 6) is 3.20. The van der Waals surface area contributed by atoms with Crippen LogP contribution in [0.4, 0.5) is 5.95 Å². The van der Waals surface area contributed by atoms with Crippen molar-refractivity contribution in [2.75, 3.05) is 37.6 Å². The molecular weight excluding hydrogens is 342 g/mol. The molecule has 8 nitrogen and oxygen atoms in total. The number of nitrogens with one attached hydrogen (secondary N) is 1. The Bertz CT molecular complexity index is 743. The van der Waals surface area contributed by atoms with E-state index < -0.39 is 0 Å². The van der Waals surface area contributed by atoms with Gasteiger partial charge in [-0.05, 0) is 13.0 Å². The number of hydrogen-bond donors (Lipinski definition) is 1. The van der Waals surface area contributed by atoms with E-state index in [0.29, 0.717) is 12.4 Å². The Labute approximate surface area is 160 Å². The van der Waals surface area contributed by atoms with Crippen LogP contribution in [-0.2, 0) is 12.0 Å². The molecule has 0 unspecified atom stereocenters. The number of rotatable bonds is 4. The maximum atomic E-state index is 5.85. The molecule has 0 atom stereocenters. The molecule has 1 saturated heterocycles. The van der Waals surface area contributed by atoms with E-state index in [1.165, 1.54) is 0 Å². The van der Waals surface area contributed by atoms with E-state index in [-0.39, 0.29) is 5.41 Å². The lowest BCUT2D eigenvalue weighted by Gasteiger charge is -2.36. The fourth-order valence-electron chi connectivity index (χ4n) is 2.87. The molecular formula is C19H29N7O. The molecule has 1 N–H and O–H groups in total. The number of anilines is 1. The van der Waals surface area contributed by atoms with E-state index in [1.807, 2.05) is 6.07 Å². The number of aliphatic imine (C=N–C) groups is 1. The van der Waals surface area contributed by atoms with E-state index >= 15 is 0 Å². The van der Waals surface area contributed by atoms with Gasteiger partial charge in [-0.1, -0.05) is 20.8 Å². The van der Waals surface area contributed by atoms with Crippen molar-refractivity contribution in [1.82, 2.24) is 25.2 Å². The Hall–Kier alpha value is -2.64. The molecule has 3 rings (SSSR count). The monoisotopic (exact) mass is 371 g/mol. The van der Waals surface area contributed by atoms with Crippen LogP contribution in [0.5, 0.6) is 0 Å². The largest absolute Gasteiger partial charge is 0.443 e. The van der Waals surface area contributed by atoms with Crippen LogP contribution >= 0.6 is 0 Å². The van der Waals surface area contributed by atoms with Crippen molar-refractivity contribution < 1.29 is 4.42 Å². The summed E-state index contributed by atoms with van der Waals surface area (Å²) in [6.45, 7) is 13.1. The van der Waals surface area contributed by atoms with Crippen LogP contribution in [0, 0.1) is 0 Å². The quantitative estimate of drug-likeness (QED) is 0.650. The van der Waals surface area contributed by atoms with Crippen molar-refractivity contribution in [2.45, 2.75) is 39.7 Å². The van der Waals surface area contributed by atoms with Crippen molar-refractivity contribution >= 4 is 11.9 Å². The molecule has 0 amide bonds. The predicted molar refractivity (Wildman–Crippen MR) is 106 cm³/mol. The first-order valence-electron chi connectivity index (χ1n) is 9.48. The normalized spacial score (nSPS) is 15.9. The summed E-state index contributed by atoms with van der Waals surface area (Å²) >= 11 is 0. The molecule has 0 aliphatic carbocycles. The highest BCUT2D eigenvalue weighted by molar-refractivity contribution is 5.80. The highest BCUT2D eigenvalue weighted by atomic mass is 16.4. The van der Waals surface area contributed by atoms with Crippen molar-refractivity contribution in [2.24, 2.45) is 4.99 Å². The maximum Gasteiger partial charge on any atom is 0.225 e. The second kappa shape index (κ2) is 8.37. The van der Waals surface area contributed by atoms with Crippen LogP contribution in [0.1, 0.15) is 39.3 Å². The average Bonchev–Trinajstić information content (AvgIpc) is 3.16. The fourth-order valence-corrected chi connectivity index (χ4v) is 2.87. The van der Waals surface area contributed by atoms with Gasteiger partial charge in [0.05, 0.1) is 6.20 Å². The minimum Gasteiger partial charge on any atom is -0.443 e. The van der Waals surface area contributed by atoms with Crippen LogP contribution in [0.3, 0.4) is 0 Å². The topological polar surface area (TPSA) is 82.7 Å². The van der Waals surface area contributed by atoms with Gasteiger partial charge in [0.15, 0.2) is 5.96 Å². The van der Waals surface area contributed by atoms with Gasteiger partial charge in [0.25, 0.3) is 0 Å². The lowest BCUT2D eigenvalue weighted by Crippen LogP contribution is -2.53. The van der Waals surface area contributed by atoms with Gasteiger partial charge < -0.3 is 19.5 Å². The minimum atomic E-state index is -0.0463. The van der Waals surface area contributed by atoms with Crippen LogP contribution < -0.4 is 10.2 Å². The van der Waals surface area contributed by atoms with E-state index in [0.717, 1.165) is 50.4 Å². The third kappa shape index (κ3) is 4.96. The molecule has 3 heterocycles. The molecule has 0 spiro atoms. The molecule has 27 heavy (non-hydrogen) atoms. The second-order valence-electron chi connectivity index (χ2n) is 7.56. The molecule has 2 aromatic heterocycles. The molecule has 1 fully saturated rings. The number of hydrogen-bond acceptors (Lipinski definition) is 6. The number of oxazole rings is 1. The Balaban J connectivity index is 1.62. The summed E-state index contributed by atoms with van der Waals surface area (Å²) in [6, 6.07) is 1.84. The summed E-state index contributed by atoms with van der Waals surface area (Å²) in [5.41, 5.74) is -0.0463. The van der Waals surface area contributed by atoms with Gasteiger partial charge in [-0.25, -0.2) is 19.9 Å². The van der Waals surface area contributed by atoms with Crippen molar-refractivity contribution in [1.29, 1.82) is 0 Å². The molecule has 8 heteroatoms. The second-order valence-corrected chi connectivity index (χ2v) is 7.56. The summed E-state index contributed by atoms with van der Waals surface area (Å²) in [6.07, 6.45) is 5.36. The van der Waals surface area contributed by atoms with Gasteiger partial charge in [-0.2, -0.15) is 0 Å². The molecule has 0 radical (unpaired) electrons. The van der Waals surface area contributed by atoms with E-state index in [4.69, 9.17) is 9.41 Å². The van der Waals surface area contributed by atoms with Crippen LogP contribution in [-0.4, -0.2) is 58.5 Å². The van der Waals surface area contributed by atoms with E-state index in [2.05, 4.69) is 57.8 Å². The molecule has 0 aromatic carbocycles. The Morgan fingerprint density at radius 1 is 1.15 bits per heavy atom. The highest BCUT2D eigenvalue weighted by Crippen LogP contribution is 2.22. The highest BCUT2D eigenvalue weighted by Gasteiger charge is 2.22. The lowest BCUT2D eigenvalue weighted by molar-refractivity contribution is 0.365. The SMILES string of the molecule is CCNC(=NCc1ncc(C(C)(C)C)o1)N1CCN(c2ncccn2)CC1. The number of nitrogens with zero attached hydrogens (tertiary/aromatic N) is 6. The first-order chi connectivity index (χ1) is 13.0. The van der Waals surface area contributed by atoms with Gasteiger partial charge in [-0.3, -0.25) is 0 Å². The van der Waals surface area contributed by atoms with Gasteiger partial charge in [-0.15, -0.1) is 0 Å². The molecule has 0 saturated carbocycles. The lowest BCUT2D eigenvalue weighted by atomic mass is 9.94. The van der Waals surface area contributed by atoms with Crippen LogP contribution in [0.2, 0.25) is 0 Å². The number of guanidine groups is 1. The Morgan fingerprint density at radius 3 is 2.44 bits per heavy atom. The van der Waals surface area contributed by atoms with Crippen LogP contribution in [0.25, 0.3) is 0 Å². The van der Waals surface area contributed by atoms with Gasteiger partial charge in [0, 0.05) is 50.5 Å². The first-order valence-corrected chi connectivity index (χ1v) is 9.48. The Morgan fingerprint density at radius 2 is 1.85 bits per heavy atom. The van der Waals surface area contributed by atoms with Gasteiger partial charge in [0.1, 0.15) is 12.3 Å². The average molecular weight is 371 g/mol. The third-order valence-electron chi connectivity index (χ3n) is 4.41. The van der Waals surface area contributed by atoms with Gasteiger partial charge in [0.2, 0.25) is 11.8 Å². The molecule has 1 aliphatic rings.